The van der Waals surface area contributed by atoms with Crippen molar-refractivity contribution in [3.05, 3.63) is 72.2 Å². The van der Waals surface area contributed by atoms with E-state index in [-0.39, 0.29) is 4.90 Å². The third-order valence-corrected chi connectivity index (χ3v) is 6.19. The Morgan fingerprint density at radius 2 is 1.68 bits per heavy atom. The van der Waals surface area contributed by atoms with Crippen molar-refractivity contribution in [2.24, 2.45) is 0 Å². The Bertz CT molecular complexity index is 867. The number of nitrogens with zero attached hydrogens (tertiary/aromatic N) is 2. The molecular weight excluding hydrogens is 356 g/mol. The van der Waals surface area contributed by atoms with E-state index in [1.807, 2.05) is 30.3 Å². The molecule has 1 aromatic heterocycles. The lowest BCUT2D eigenvalue weighted by Crippen LogP contribution is -2.32. The summed E-state index contributed by atoms with van der Waals surface area (Å²) in [5.74, 6) is 0.772. The predicted molar refractivity (Wildman–Crippen MR) is 99.6 cm³/mol. The van der Waals surface area contributed by atoms with E-state index in [1.165, 1.54) is 15.6 Å². The molecule has 25 heavy (non-hydrogen) atoms. The largest absolute Gasteiger partial charge is 0.494 e. The van der Waals surface area contributed by atoms with E-state index < -0.39 is 10.0 Å². The average Bonchev–Trinajstić information content (AvgIpc) is 3.17. The molecule has 0 aliphatic heterocycles. The van der Waals surface area contributed by atoms with Gasteiger partial charge in [-0.2, -0.15) is 0 Å². The molecule has 5 nitrogen and oxygen atoms in total. The van der Waals surface area contributed by atoms with Gasteiger partial charge in [0.05, 0.1) is 11.5 Å². The highest BCUT2D eigenvalue weighted by Gasteiger charge is 2.26. The number of benzene rings is 2. The van der Waals surface area contributed by atoms with E-state index in [4.69, 9.17) is 4.74 Å². The van der Waals surface area contributed by atoms with E-state index in [2.05, 4.69) is 4.98 Å². The molecule has 0 saturated carbocycles. The second kappa shape index (κ2) is 8.13. The van der Waals surface area contributed by atoms with Crippen molar-refractivity contribution in [2.75, 3.05) is 17.5 Å². The third-order valence-electron chi connectivity index (χ3n) is 3.48. The zero-order valence-corrected chi connectivity index (χ0v) is 15.1. The molecule has 0 fully saturated rings. The molecule has 0 amide bonds. The summed E-state index contributed by atoms with van der Waals surface area (Å²) in [4.78, 5) is 4.43. The molecule has 3 rings (SSSR count). The van der Waals surface area contributed by atoms with Gasteiger partial charge in [0.1, 0.15) is 5.75 Å². The SMILES string of the molecule is O=S(=O)(c1ccccc1)N(CCCOc1ccccc1)c1nccs1. The van der Waals surface area contributed by atoms with Gasteiger partial charge < -0.3 is 4.74 Å². The second-order valence-corrected chi connectivity index (χ2v) is 7.96. The molecular formula is C18H18N2O3S2. The van der Waals surface area contributed by atoms with Gasteiger partial charge in [-0.25, -0.2) is 17.7 Å². The van der Waals surface area contributed by atoms with Crippen molar-refractivity contribution >= 4 is 26.5 Å². The first-order chi connectivity index (χ1) is 12.2. The molecule has 7 heteroatoms. The van der Waals surface area contributed by atoms with Crippen LogP contribution in [0.1, 0.15) is 6.42 Å². The summed E-state index contributed by atoms with van der Waals surface area (Å²) < 4.78 is 32.9. The van der Waals surface area contributed by atoms with Gasteiger partial charge in [0.25, 0.3) is 10.0 Å². The molecule has 0 spiro atoms. The summed E-state index contributed by atoms with van der Waals surface area (Å²) in [5, 5.41) is 2.23. The molecule has 0 N–H and O–H groups in total. The fourth-order valence-corrected chi connectivity index (χ4v) is 4.67. The van der Waals surface area contributed by atoms with Crippen molar-refractivity contribution in [1.82, 2.24) is 4.98 Å². The van der Waals surface area contributed by atoms with Gasteiger partial charge in [-0.05, 0) is 24.3 Å². The van der Waals surface area contributed by atoms with E-state index in [0.29, 0.717) is 24.7 Å². The first-order valence-electron chi connectivity index (χ1n) is 7.83. The standard InChI is InChI=1S/C18H18N2O3S2/c21-25(22,17-10-5-2-6-11-17)20(18-19-12-15-24-18)13-7-14-23-16-8-3-1-4-9-16/h1-6,8-12,15H,7,13-14H2. The quantitative estimate of drug-likeness (QED) is 0.563. The van der Waals surface area contributed by atoms with Crippen LogP contribution in [0.5, 0.6) is 5.75 Å². The lowest BCUT2D eigenvalue weighted by molar-refractivity contribution is 0.313. The topological polar surface area (TPSA) is 59.5 Å². The van der Waals surface area contributed by atoms with Gasteiger partial charge >= 0.3 is 0 Å². The Hall–Kier alpha value is -2.38. The average molecular weight is 374 g/mol. The van der Waals surface area contributed by atoms with Crippen LogP contribution in [0, 0.1) is 0 Å². The van der Waals surface area contributed by atoms with Crippen LogP contribution in [-0.4, -0.2) is 26.6 Å². The van der Waals surface area contributed by atoms with Crippen LogP contribution in [-0.2, 0) is 10.0 Å². The van der Waals surface area contributed by atoms with E-state index >= 15 is 0 Å². The summed E-state index contributed by atoms with van der Waals surface area (Å²) in [5.41, 5.74) is 0. The first kappa shape index (κ1) is 17.4. The fraction of sp³-hybridized carbons (Fsp3) is 0.167. The van der Waals surface area contributed by atoms with E-state index in [1.54, 1.807) is 41.9 Å². The molecule has 0 saturated heterocycles. The zero-order valence-electron chi connectivity index (χ0n) is 13.5. The summed E-state index contributed by atoms with van der Waals surface area (Å²) in [6.07, 6.45) is 2.16. The molecule has 3 aromatic rings. The Labute approximate surface area is 151 Å². The molecule has 1 heterocycles. The minimum atomic E-state index is -3.64. The second-order valence-electron chi connectivity index (χ2n) is 5.22. The number of hydrogen-bond donors (Lipinski definition) is 0. The van der Waals surface area contributed by atoms with Crippen molar-refractivity contribution in [3.8, 4) is 5.75 Å². The number of hydrogen-bond acceptors (Lipinski definition) is 5. The first-order valence-corrected chi connectivity index (χ1v) is 10.1. The minimum Gasteiger partial charge on any atom is -0.494 e. The smallest absolute Gasteiger partial charge is 0.266 e. The molecule has 0 aliphatic carbocycles. The molecule has 0 atom stereocenters. The van der Waals surface area contributed by atoms with Gasteiger partial charge in [-0.15, -0.1) is 11.3 Å². The highest BCUT2D eigenvalue weighted by Crippen LogP contribution is 2.25. The van der Waals surface area contributed by atoms with E-state index in [0.717, 1.165) is 5.75 Å². The predicted octanol–water partition coefficient (Wildman–Crippen LogP) is 3.81. The van der Waals surface area contributed by atoms with Crippen molar-refractivity contribution < 1.29 is 13.2 Å². The summed E-state index contributed by atoms with van der Waals surface area (Å²) in [7, 11) is -3.64. The van der Waals surface area contributed by atoms with Crippen LogP contribution in [0.2, 0.25) is 0 Å². The van der Waals surface area contributed by atoms with Crippen LogP contribution in [0.25, 0.3) is 0 Å². The molecule has 0 aliphatic rings. The number of para-hydroxylation sites is 1. The minimum absolute atomic E-state index is 0.258. The zero-order chi connectivity index (χ0) is 17.5. The molecule has 2 aromatic carbocycles. The van der Waals surface area contributed by atoms with Gasteiger partial charge in [-0.3, -0.25) is 0 Å². The number of sulfonamides is 1. The monoisotopic (exact) mass is 374 g/mol. The molecule has 0 bridgehead atoms. The van der Waals surface area contributed by atoms with Crippen LogP contribution in [0.15, 0.2) is 77.1 Å². The number of aromatic nitrogens is 1. The van der Waals surface area contributed by atoms with Crippen LogP contribution in [0.4, 0.5) is 5.13 Å². The van der Waals surface area contributed by atoms with Crippen LogP contribution in [0.3, 0.4) is 0 Å². The van der Waals surface area contributed by atoms with Crippen LogP contribution >= 0.6 is 11.3 Å². The number of anilines is 1. The van der Waals surface area contributed by atoms with Gasteiger partial charge in [0.15, 0.2) is 5.13 Å². The summed E-state index contributed by atoms with van der Waals surface area (Å²) in [6, 6.07) is 17.9. The van der Waals surface area contributed by atoms with Crippen LogP contribution < -0.4 is 9.04 Å². The lowest BCUT2D eigenvalue weighted by Gasteiger charge is -2.21. The highest BCUT2D eigenvalue weighted by atomic mass is 32.2. The number of thiazole rings is 1. The molecule has 0 unspecified atom stereocenters. The maximum atomic E-state index is 12.9. The maximum absolute atomic E-state index is 12.9. The summed E-state index contributed by atoms with van der Waals surface area (Å²) >= 11 is 1.30. The van der Waals surface area contributed by atoms with Gasteiger partial charge in [0, 0.05) is 24.5 Å². The Morgan fingerprint density at radius 3 is 2.32 bits per heavy atom. The van der Waals surface area contributed by atoms with E-state index in [9.17, 15) is 8.42 Å². The lowest BCUT2D eigenvalue weighted by atomic mass is 10.3. The highest BCUT2D eigenvalue weighted by molar-refractivity contribution is 7.93. The van der Waals surface area contributed by atoms with Gasteiger partial charge in [-0.1, -0.05) is 36.4 Å². The summed E-state index contributed by atoms with van der Waals surface area (Å²) in [6.45, 7) is 0.730. The van der Waals surface area contributed by atoms with Crippen molar-refractivity contribution in [2.45, 2.75) is 11.3 Å². The Kier molecular flexibility index (Phi) is 5.67. The molecule has 0 radical (unpaired) electrons. The van der Waals surface area contributed by atoms with Crippen molar-refractivity contribution in [1.29, 1.82) is 0 Å². The third kappa shape index (κ3) is 4.37. The van der Waals surface area contributed by atoms with Crippen molar-refractivity contribution in [3.63, 3.8) is 0 Å². The molecule has 130 valence electrons. The maximum Gasteiger partial charge on any atom is 0.266 e. The fourth-order valence-electron chi connectivity index (χ4n) is 2.29. The normalized spacial score (nSPS) is 11.2. The number of rotatable bonds is 8. The number of ether oxygens (including phenoxy) is 1. The Balaban J connectivity index is 1.71. The van der Waals surface area contributed by atoms with Gasteiger partial charge in [0.2, 0.25) is 0 Å². The Morgan fingerprint density at radius 1 is 1.00 bits per heavy atom.